The van der Waals surface area contributed by atoms with Crippen molar-refractivity contribution in [1.82, 2.24) is 5.32 Å². The monoisotopic (exact) mass is 289 g/mol. The smallest absolute Gasteiger partial charge is 0.0808 e. The molecular formula is C18H27NO2. The molecule has 0 amide bonds. The van der Waals surface area contributed by atoms with Crippen LogP contribution in [0.25, 0.3) is 0 Å². The molecule has 0 spiro atoms. The number of fused-ring (bicyclic) bond motifs is 1. The Morgan fingerprint density at radius 3 is 2.95 bits per heavy atom. The third-order valence-electron chi connectivity index (χ3n) is 4.65. The lowest BCUT2D eigenvalue weighted by molar-refractivity contribution is -0.0744. The number of benzene rings is 1. The van der Waals surface area contributed by atoms with Crippen LogP contribution in [-0.2, 0) is 15.9 Å². The first-order chi connectivity index (χ1) is 10.4. The first-order valence-electron chi connectivity index (χ1n) is 8.43. The zero-order valence-electron chi connectivity index (χ0n) is 13.0. The highest BCUT2D eigenvalue weighted by molar-refractivity contribution is 5.33. The fraction of sp³-hybridized carbons (Fsp3) is 0.667. The number of ether oxygens (including phenoxy) is 2. The van der Waals surface area contributed by atoms with E-state index in [0.29, 0.717) is 12.1 Å². The Morgan fingerprint density at radius 2 is 2.14 bits per heavy atom. The second-order valence-electron chi connectivity index (χ2n) is 6.13. The predicted octanol–water partition coefficient (Wildman–Crippen LogP) is 3.24. The quantitative estimate of drug-likeness (QED) is 0.902. The number of hydrogen-bond donors (Lipinski definition) is 1. The van der Waals surface area contributed by atoms with E-state index in [4.69, 9.17) is 9.47 Å². The second-order valence-corrected chi connectivity index (χ2v) is 6.13. The van der Waals surface area contributed by atoms with E-state index in [0.717, 1.165) is 39.0 Å². The summed E-state index contributed by atoms with van der Waals surface area (Å²) in [7, 11) is 0. The number of aryl methyl sites for hydroxylation is 1. The predicted molar refractivity (Wildman–Crippen MR) is 84.5 cm³/mol. The molecule has 1 N–H and O–H groups in total. The van der Waals surface area contributed by atoms with Gasteiger partial charge in [-0.2, -0.15) is 0 Å². The number of hydrogen-bond acceptors (Lipinski definition) is 3. The third kappa shape index (κ3) is 3.65. The lowest BCUT2D eigenvalue weighted by Gasteiger charge is -2.35. The zero-order valence-corrected chi connectivity index (χ0v) is 13.0. The van der Waals surface area contributed by atoms with Gasteiger partial charge in [-0.3, -0.25) is 0 Å². The average Bonchev–Trinajstić information content (AvgIpc) is 2.55. The summed E-state index contributed by atoms with van der Waals surface area (Å²) in [6, 6.07) is 9.09. The van der Waals surface area contributed by atoms with E-state index in [1.165, 1.54) is 24.0 Å². The van der Waals surface area contributed by atoms with E-state index < -0.39 is 0 Å². The molecule has 1 aliphatic heterocycles. The van der Waals surface area contributed by atoms with Crippen molar-refractivity contribution in [2.24, 2.45) is 0 Å². The largest absolute Gasteiger partial charge is 0.376 e. The molecule has 1 aliphatic carbocycles. The molecular weight excluding hydrogens is 262 g/mol. The van der Waals surface area contributed by atoms with Crippen LogP contribution in [0.2, 0.25) is 0 Å². The van der Waals surface area contributed by atoms with Crippen LogP contribution >= 0.6 is 0 Å². The lowest BCUT2D eigenvalue weighted by atomic mass is 9.85. The van der Waals surface area contributed by atoms with Crippen LogP contribution in [0, 0.1) is 0 Å². The van der Waals surface area contributed by atoms with Crippen LogP contribution in [0.5, 0.6) is 0 Å². The molecule has 0 bridgehead atoms. The first kappa shape index (κ1) is 15.0. The van der Waals surface area contributed by atoms with Crippen LogP contribution in [0.15, 0.2) is 24.3 Å². The minimum Gasteiger partial charge on any atom is -0.376 e. The van der Waals surface area contributed by atoms with E-state index in [-0.39, 0.29) is 6.10 Å². The minimum atomic E-state index is 0.269. The van der Waals surface area contributed by atoms with Gasteiger partial charge in [-0.1, -0.05) is 31.2 Å². The molecule has 1 saturated heterocycles. The van der Waals surface area contributed by atoms with Crippen molar-refractivity contribution >= 4 is 0 Å². The minimum absolute atomic E-state index is 0.269. The van der Waals surface area contributed by atoms with Gasteiger partial charge in [0.15, 0.2) is 0 Å². The van der Waals surface area contributed by atoms with Gasteiger partial charge in [-0.25, -0.2) is 0 Å². The van der Waals surface area contributed by atoms with Crippen molar-refractivity contribution in [3.05, 3.63) is 35.4 Å². The van der Waals surface area contributed by atoms with Gasteiger partial charge in [0.05, 0.1) is 24.9 Å². The van der Waals surface area contributed by atoms with Crippen molar-refractivity contribution in [2.75, 3.05) is 19.8 Å². The molecule has 3 rings (SSSR count). The molecule has 1 heterocycles. The third-order valence-corrected chi connectivity index (χ3v) is 4.65. The summed E-state index contributed by atoms with van der Waals surface area (Å²) in [6.45, 7) is 4.78. The van der Waals surface area contributed by atoms with Gasteiger partial charge in [0.25, 0.3) is 0 Å². The Bertz CT molecular complexity index is 443. The lowest BCUT2D eigenvalue weighted by Crippen LogP contribution is -2.39. The summed E-state index contributed by atoms with van der Waals surface area (Å²) in [6.07, 6.45) is 6.42. The molecule has 21 heavy (non-hydrogen) atoms. The Kier molecular flexibility index (Phi) is 5.28. The molecule has 3 atom stereocenters. The zero-order chi connectivity index (χ0) is 14.5. The fourth-order valence-corrected chi connectivity index (χ4v) is 3.54. The summed E-state index contributed by atoms with van der Waals surface area (Å²) in [4.78, 5) is 0. The topological polar surface area (TPSA) is 30.5 Å². The van der Waals surface area contributed by atoms with Crippen molar-refractivity contribution in [1.29, 1.82) is 0 Å². The van der Waals surface area contributed by atoms with Gasteiger partial charge >= 0.3 is 0 Å². The van der Waals surface area contributed by atoms with Crippen LogP contribution in [0.4, 0.5) is 0 Å². The molecule has 2 aliphatic rings. The maximum Gasteiger partial charge on any atom is 0.0808 e. The van der Waals surface area contributed by atoms with Crippen molar-refractivity contribution in [3.8, 4) is 0 Å². The Hall–Kier alpha value is -0.900. The maximum absolute atomic E-state index is 6.26. The molecule has 3 nitrogen and oxygen atoms in total. The van der Waals surface area contributed by atoms with E-state index >= 15 is 0 Å². The normalized spacial score (nSPS) is 29.1. The highest BCUT2D eigenvalue weighted by Gasteiger charge is 2.30. The summed E-state index contributed by atoms with van der Waals surface area (Å²) >= 11 is 0. The molecule has 3 unspecified atom stereocenters. The number of rotatable bonds is 5. The summed E-state index contributed by atoms with van der Waals surface area (Å²) in [5, 5.41) is 3.61. The molecule has 0 aromatic heterocycles. The van der Waals surface area contributed by atoms with Crippen molar-refractivity contribution in [3.63, 3.8) is 0 Å². The van der Waals surface area contributed by atoms with E-state index in [2.05, 4.69) is 36.5 Å². The molecule has 1 fully saturated rings. The van der Waals surface area contributed by atoms with Gasteiger partial charge in [-0.15, -0.1) is 0 Å². The van der Waals surface area contributed by atoms with Crippen LogP contribution in [-0.4, -0.2) is 32.0 Å². The van der Waals surface area contributed by atoms with Gasteiger partial charge in [0, 0.05) is 6.61 Å². The van der Waals surface area contributed by atoms with E-state index in [9.17, 15) is 0 Å². The first-order valence-corrected chi connectivity index (χ1v) is 8.43. The average molecular weight is 289 g/mol. The molecule has 3 heteroatoms. The fourth-order valence-electron chi connectivity index (χ4n) is 3.54. The van der Waals surface area contributed by atoms with Crippen molar-refractivity contribution in [2.45, 2.75) is 57.3 Å². The molecule has 0 radical (unpaired) electrons. The summed E-state index contributed by atoms with van der Waals surface area (Å²) in [5.41, 5.74) is 2.89. The maximum atomic E-state index is 6.26. The standard InChI is InChI=1S/C18H27NO2/c1-2-19-18-16-9-4-3-7-14(16)10-11-17(18)21-13-15-8-5-6-12-20-15/h3-4,7,9,15,17-19H,2,5-6,8,10-13H2,1H3. The highest BCUT2D eigenvalue weighted by Crippen LogP contribution is 2.32. The Morgan fingerprint density at radius 1 is 1.24 bits per heavy atom. The number of likely N-dealkylation sites (N-methyl/N-ethyl adjacent to an activating group) is 1. The van der Waals surface area contributed by atoms with E-state index in [1.54, 1.807) is 0 Å². The molecule has 1 aromatic carbocycles. The van der Waals surface area contributed by atoms with Gasteiger partial charge < -0.3 is 14.8 Å². The van der Waals surface area contributed by atoms with E-state index in [1.807, 2.05) is 0 Å². The SMILES string of the molecule is CCNC1c2ccccc2CCC1OCC1CCCCO1. The number of nitrogens with one attached hydrogen (secondary N) is 1. The van der Waals surface area contributed by atoms with Gasteiger partial charge in [0.1, 0.15) is 0 Å². The Balaban J connectivity index is 1.64. The second kappa shape index (κ2) is 7.39. The van der Waals surface area contributed by atoms with Crippen molar-refractivity contribution < 1.29 is 9.47 Å². The van der Waals surface area contributed by atoms with Crippen LogP contribution in [0.3, 0.4) is 0 Å². The Labute approximate surface area is 128 Å². The molecule has 0 saturated carbocycles. The van der Waals surface area contributed by atoms with Gasteiger partial charge in [0.2, 0.25) is 0 Å². The van der Waals surface area contributed by atoms with Crippen LogP contribution < -0.4 is 5.32 Å². The molecule has 116 valence electrons. The van der Waals surface area contributed by atoms with Gasteiger partial charge in [-0.05, 0) is 49.8 Å². The van der Waals surface area contributed by atoms with Crippen LogP contribution in [0.1, 0.15) is 49.8 Å². The highest BCUT2D eigenvalue weighted by atomic mass is 16.5. The summed E-state index contributed by atoms with van der Waals surface area (Å²) < 4.78 is 12.0. The molecule has 1 aromatic rings. The summed E-state index contributed by atoms with van der Waals surface area (Å²) in [5.74, 6) is 0.